The number of hydrogen-bond donors (Lipinski definition) is 2. The van der Waals surface area contributed by atoms with Gasteiger partial charge in [-0.2, -0.15) is 13.2 Å². The molecule has 9 nitrogen and oxygen atoms in total. The van der Waals surface area contributed by atoms with Crippen molar-refractivity contribution in [3.63, 3.8) is 0 Å². The molecule has 1 aromatic carbocycles. The number of rotatable bonds is 8. The standard InChI is InChI=1S/C25H24F3N7O2/c1-2-3-6-14-35(24(36)32-23-34-33-22(37-23)20-10-4-5-13-30-20)21-18(29)11-12-19(31-21)16-8-7-9-17(15-16)25(26,27)28/h4-5,7-13,15H,2-3,6,14,29H2,1H3,(H,32,34,36). The Morgan fingerprint density at radius 1 is 1.05 bits per heavy atom. The Labute approximate surface area is 210 Å². The van der Waals surface area contributed by atoms with E-state index >= 15 is 0 Å². The van der Waals surface area contributed by atoms with Crippen LogP contribution >= 0.6 is 0 Å². The minimum atomic E-state index is -4.50. The van der Waals surface area contributed by atoms with Crippen LogP contribution in [0.1, 0.15) is 31.7 Å². The third-order valence-corrected chi connectivity index (χ3v) is 5.40. The quantitative estimate of drug-likeness (QED) is 0.277. The van der Waals surface area contributed by atoms with E-state index in [9.17, 15) is 18.0 Å². The van der Waals surface area contributed by atoms with Crippen molar-refractivity contribution < 1.29 is 22.4 Å². The third-order valence-electron chi connectivity index (χ3n) is 5.40. The van der Waals surface area contributed by atoms with E-state index in [4.69, 9.17) is 10.2 Å². The average molecular weight is 512 g/mol. The van der Waals surface area contributed by atoms with Crippen LogP contribution in [0.25, 0.3) is 22.8 Å². The fraction of sp³-hybridized carbons (Fsp3) is 0.240. The molecule has 0 bridgehead atoms. The Morgan fingerprint density at radius 2 is 1.89 bits per heavy atom. The van der Waals surface area contributed by atoms with Crippen molar-refractivity contribution in [3.8, 4) is 22.8 Å². The van der Waals surface area contributed by atoms with Crippen LogP contribution in [0.3, 0.4) is 0 Å². The van der Waals surface area contributed by atoms with Crippen molar-refractivity contribution in [2.24, 2.45) is 0 Å². The molecule has 0 saturated carbocycles. The zero-order valence-electron chi connectivity index (χ0n) is 19.9. The second-order valence-corrected chi connectivity index (χ2v) is 8.10. The van der Waals surface area contributed by atoms with Gasteiger partial charge in [-0.3, -0.25) is 15.2 Å². The minimum Gasteiger partial charge on any atom is -0.401 e. The number of aromatic nitrogens is 4. The maximum Gasteiger partial charge on any atom is 0.416 e. The van der Waals surface area contributed by atoms with Crippen LogP contribution in [0.15, 0.2) is 65.2 Å². The van der Waals surface area contributed by atoms with E-state index in [2.05, 4.69) is 25.5 Å². The van der Waals surface area contributed by atoms with Gasteiger partial charge < -0.3 is 10.2 Å². The number of nitrogens with one attached hydrogen (secondary N) is 1. The van der Waals surface area contributed by atoms with Gasteiger partial charge in [0, 0.05) is 18.3 Å². The lowest BCUT2D eigenvalue weighted by atomic mass is 10.1. The topological polar surface area (TPSA) is 123 Å². The predicted octanol–water partition coefficient (Wildman–Crippen LogP) is 6.02. The molecule has 0 spiro atoms. The first kappa shape index (κ1) is 25.6. The number of carbonyl (C=O) groups is 1. The van der Waals surface area contributed by atoms with Crippen LogP contribution in [-0.4, -0.2) is 32.7 Å². The van der Waals surface area contributed by atoms with Gasteiger partial charge in [0.05, 0.1) is 16.9 Å². The molecule has 2 amide bonds. The Kier molecular flexibility index (Phi) is 7.66. The summed E-state index contributed by atoms with van der Waals surface area (Å²) in [5.41, 5.74) is 6.45. The van der Waals surface area contributed by atoms with Gasteiger partial charge in [-0.05, 0) is 42.8 Å². The molecule has 12 heteroatoms. The summed E-state index contributed by atoms with van der Waals surface area (Å²) in [5, 5.41) is 10.3. The molecule has 0 saturated heterocycles. The van der Waals surface area contributed by atoms with E-state index in [1.165, 1.54) is 29.2 Å². The molecule has 0 aliphatic carbocycles. The van der Waals surface area contributed by atoms with Gasteiger partial charge in [0.25, 0.3) is 5.89 Å². The Hall–Kier alpha value is -4.48. The molecule has 0 atom stereocenters. The van der Waals surface area contributed by atoms with Crippen molar-refractivity contribution in [1.29, 1.82) is 0 Å². The highest BCUT2D eigenvalue weighted by atomic mass is 19.4. The highest BCUT2D eigenvalue weighted by Gasteiger charge is 2.30. The SMILES string of the molecule is CCCCCN(C(=O)Nc1nnc(-c2ccccn2)o1)c1nc(-c2cccc(C(F)(F)F)c2)ccc1N. The maximum atomic E-state index is 13.3. The van der Waals surface area contributed by atoms with Gasteiger partial charge in [0.1, 0.15) is 5.69 Å². The van der Waals surface area contributed by atoms with Crippen molar-refractivity contribution in [2.75, 3.05) is 22.5 Å². The maximum absolute atomic E-state index is 13.3. The number of nitrogens with two attached hydrogens (primary N) is 1. The van der Waals surface area contributed by atoms with E-state index in [0.29, 0.717) is 12.1 Å². The first-order valence-corrected chi connectivity index (χ1v) is 11.5. The second kappa shape index (κ2) is 11.1. The number of nitrogens with zero attached hydrogens (tertiary/aromatic N) is 5. The lowest BCUT2D eigenvalue weighted by Crippen LogP contribution is -2.37. The normalized spacial score (nSPS) is 11.4. The van der Waals surface area contributed by atoms with Crippen molar-refractivity contribution >= 4 is 23.6 Å². The van der Waals surface area contributed by atoms with Crippen molar-refractivity contribution in [3.05, 3.63) is 66.4 Å². The minimum absolute atomic E-state index is 0.105. The number of anilines is 3. The number of hydrogen-bond acceptors (Lipinski definition) is 7. The number of nitrogen functional groups attached to an aromatic ring is 1. The first-order valence-electron chi connectivity index (χ1n) is 11.5. The Morgan fingerprint density at radius 3 is 2.62 bits per heavy atom. The fourth-order valence-corrected chi connectivity index (χ4v) is 3.54. The van der Waals surface area contributed by atoms with Crippen LogP contribution in [0.5, 0.6) is 0 Å². The summed E-state index contributed by atoms with van der Waals surface area (Å²) in [4.78, 5) is 23.2. The Balaban J connectivity index is 1.63. The predicted molar refractivity (Wildman–Crippen MR) is 133 cm³/mol. The zero-order chi connectivity index (χ0) is 26.4. The van der Waals surface area contributed by atoms with Gasteiger partial charge in [-0.15, -0.1) is 5.10 Å². The van der Waals surface area contributed by atoms with Crippen molar-refractivity contribution in [1.82, 2.24) is 20.2 Å². The van der Waals surface area contributed by atoms with E-state index in [-0.39, 0.29) is 41.2 Å². The van der Waals surface area contributed by atoms with Gasteiger partial charge in [0.2, 0.25) is 0 Å². The zero-order valence-corrected chi connectivity index (χ0v) is 19.9. The summed E-state index contributed by atoms with van der Waals surface area (Å²) in [6.45, 7) is 2.27. The van der Waals surface area contributed by atoms with Gasteiger partial charge >= 0.3 is 18.2 Å². The summed E-state index contributed by atoms with van der Waals surface area (Å²) >= 11 is 0. The summed E-state index contributed by atoms with van der Waals surface area (Å²) in [5.74, 6) is 0.227. The highest BCUT2D eigenvalue weighted by molar-refractivity contribution is 6.01. The molecule has 0 aliphatic heterocycles. The van der Waals surface area contributed by atoms with Gasteiger partial charge in [-0.25, -0.2) is 9.78 Å². The molecule has 3 aromatic heterocycles. The van der Waals surface area contributed by atoms with Crippen LogP contribution in [0.2, 0.25) is 0 Å². The van der Waals surface area contributed by atoms with Gasteiger partial charge in [0.15, 0.2) is 5.82 Å². The number of amides is 2. The van der Waals surface area contributed by atoms with E-state index in [0.717, 1.165) is 25.0 Å². The second-order valence-electron chi connectivity index (χ2n) is 8.10. The molecule has 192 valence electrons. The molecule has 3 heterocycles. The largest absolute Gasteiger partial charge is 0.416 e. The molecular formula is C25H24F3N7O2. The lowest BCUT2D eigenvalue weighted by Gasteiger charge is -2.23. The highest BCUT2D eigenvalue weighted by Crippen LogP contribution is 2.33. The molecule has 0 aliphatic rings. The average Bonchev–Trinajstić information content (AvgIpc) is 3.36. The van der Waals surface area contributed by atoms with E-state index in [1.807, 2.05) is 6.92 Å². The number of halogens is 3. The smallest absolute Gasteiger partial charge is 0.401 e. The molecule has 4 rings (SSSR count). The number of pyridine rings is 2. The molecule has 0 unspecified atom stereocenters. The van der Waals surface area contributed by atoms with Crippen LogP contribution < -0.4 is 16.0 Å². The number of urea groups is 1. The Bertz CT molecular complexity index is 1360. The summed E-state index contributed by atoms with van der Waals surface area (Å²) in [7, 11) is 0. The number of unbranched alkanes of at least 4 members (excludes halogenated alkanes) is 2. The first-order chi connectivity index (χ1) is 17.8. The van der Waals surface area contributed by atoms with Gasteiger partial charge in [-0.1, -0.05) is 43.1 Å². The third kappa shape index (κ3) is 6.21. The fourth-order valence-electron chi connectivity index (χ4n) is 3.54. The number of carbonyl (C=O) groups excluding carboxylic acids is 1. The number of alkyl halides is 3. The summed E-state index contributed by atoms with van der Waals surface area (Å²) in [6, 6.07) is 12.2. The lowest BCUT2D eigenvalue weighted by molar-refractivity contribution is -0.137. The summed E-state index contributed by atoms with van der Waals surface area (Å²) < 4.78 is 45.2. The molecular weight excluding hydrogens is 487 g/mol. The van der Waals surface area contributed by atoms with Crippen LogP contribution in [-0.2, 0) is 6.18 Å². The summed E-state index contributed by atoms with van der Waals surface area (Å²) in [6.07, 6.45) is -0.557. The number of benzene rings is 1. The van der Waals surface area contributed by atoms with Crippen molar-refractivity contribution in [2.45, 2.75) is 32.4 Å². The molecule has 37 heavy (non-hydrogen) atoms. The molecule has 3 N–H and O–H groups in total. The van der Waals surface area contributed by atoms with E-state index in [1.54, 1.807) is 24.4 Å². The van der Waals surface area contributed by atoms with Crippen LogP contribution in [0, 0.1) is 0 Å². The molecule has 4 aromatic rings. The van der Waals surface area contributed by atoms with E-state index < -0.39 is 17.8 Å². The monoisotopic (exact) mass is 511 g/mol. The van der Waals surface area contributed by atoms with Crippen LogP contribution in [0.4, 0.5) is 35.5 Å². The molecule has 0 fully saturated rings. The molecule has 0 radical (unpaired) electrons.